The molecule has 204 valence electrons. The van der Waals surface area contributed by atoms with Gasteiger partial charge in [0.25, 0.3) is 5.91 Å². The maximum Gasteiger partial charge on any atom is 0.326 e. The van der Waals surface area contributed by atoms with Gasteiger partial charge < -0.3 is 29.5 Å². The van der Waals surface area contributed by atoms with Crippen LogP contribution < -0.4 is 10.6 Å². The van der Waals surface area contributed by atoms with Gasteiger partial charge in [-0.3, -0.25) is 14.7 Å². The lowest BCUT2D eigenvalue weighted by Gasteiger charge is -2.27. The first-order valence-corrected chi connectivity index (χ1v) is 12.7. The van der Waals surface area contributed by atoms with Crippen molar-refractivity contribution in [3.63, 3.8) is 0 Å². The van der Waals surface area contributed by atoms with Crippen LogP contribution in [0.1, 0.15) is 37.8 Å². The van der Waals surface area contributed by atoms with Crippen molar-refractivity contribution < 1.29 is 33.7 Å². The first-order valence-electron chi connectivity index (χ1n) is 12.7. The summed E-state index contributed by atoms with van der Waals surface area (Å²) in [6.07, 6.45) is -0.556. The minimum atomic E-state index is -1.11. The summed E-state index contributed by atoms with van der Waals surface area (Å²) >= 11 is 0. The first-order chi connectivity index (χ1) is 19.0. The largest absolute Gasteiger partial charge is 0.480 e. The van der Waals surface area contributed by atoms with E-state index in [4.69, 9.17) is 14.2 Å². The van der Waals surface area contributed by atoms with Gasteiger partial charge in [0.1, 0.15) is 24.6 Å². The number of urea groups is 1. The lowest BCUT2D eigenvalue weighted by molar-refractivity contribution is -0.171. The van der Waals surface area contributed by atoms with E-state index >= 15 is 0 Å². The number of anilines is 1. The number of imidazole rings is 1. The Labute approximate surface area is 222 Å². The number of fused-ring (bicyclic) bond motifs is 2. The number of carboxylic acids is 1. The fourth-order valence-electron chi connectivity index (χ4n) is 5.33. The van der Waals surface area contributed by atoms with Gasteiger partial charge in [0.15, 0.2) is 35.6 Å². The summed E-state index contributed by atoms with van der Waals surface area (Å²) in [4.78, 5) is 51.8. The van der Waals surface area contributed by atoms with Crippen LogP contribution in [0.5, 0.6) is 0 Å². The standard InChI is InChI=1S/C25H27N7O7/c1-2-26-25(36)30-19-15-20(28-11-27-19)32(12-29-15)22-18-16(38-24(39-18)13-7-4-3-5-8-13)17(37-22)21(33)31-10-6-9-14(31)23(34)35/h3-5,7-8,11-12,14,16-18,22,24H,2,6,9-10H2,1H3,(H,34,35)(H2,26,27,28,30,36)/t14-,16?,17?,18?,22?,24-/m0/s1. The molecule has 6 atom stereocenters. The Bertz CT molecular complexity index is 1400. The summed E-state index contributed by atoms with van der Waals surface area (Å²) < 4.78 is 20.4. The van der Waals surface area contributed by atoms with Gasteiger partial charge in [-0.2, -0.15) is 0 Å². The Morgan fingerprint density at radius 3 is 2.64 bits per heavy atom. The highest BCUT2D eigenvalue weighted by Crippen LogP contribution is 2.45. The van der Waals surface area contributed by atoms with Gasteiger partial charge in [-0.05, 0) is 19.8 Å². The van der Waals surface area contributed by atoms with E-state index in [1.54, 1.807) is 11.5 Å². The van der Waals surface area contributed by atoms with E-state index in [9.17, 15) is 19.5 Å². The molecular formula is C25H27N7O7. The monoisotopic (exact) mass is 537 g/mol. The molecule has 0 bridgehead atoms. The molecule has 3 fully saturated rings. The van der Waals surface area contributed by atoms with Crippen LogP contribution in [-0.2, 0) is 23.8 Å². The van der Waals surface area contributed by atoms with Crippen LogP contribution in [0.15, 0.2) is 43.0 Å². The predicted octanol–water partition coefficient (Wildman–Crippen LogP) is 1.42. The number of hydrogen-bond acceptors (Lipinski definition) is 9. The molecular weight excluding hydrogens is 510 g/mol. The van der Waals surface area contributed by atoms with Gasteiger partial charge >= 0.3 is 12.0 Å². The second-order valence-electron chi connectivity index (χ2n) is 9.45. The second-order valence-corrected chi connectivity index (χ2v) is 9.45. The van der Waals surface area contributed by atoms with E-state index in [0.29, 0.717) is 37.1 Å². The molecule has 39 heavy (non-hydrogen) atoms. The average molecular weight is 538 g/mol. The molecule has 3 aliphatic rings. The lowest BCUT2D eigenvalue weighted by Crippen LogP contribution is -2.49. The molecule has 0 spiro atoms. The number of aliphatic carboxylic acids is 1. The number of benzene rings is 1. The normalized spacial score (nSPS) is 28.0. The Morgan fingerprint density at radius 1 is 1.08 bits per heavy atom. The summed E-state index contributed by atoms with van der Waals surface area (Å²) in [7, 11) is 0. The summed E-state index contributed by atoms with van der Waals surface area (Å²) in [5.41, 5.74) is 1.44. The number of carbonyl (C=O) groups excluding carboxylic acids is 2. The van der Waals surface area contributed by atoms with E-state index < -0.39 is 54.8 Å². The number of hydrogen-bond donors (Lipinski definition) is 3. The minimum absolute atomic E-state index is 0.207. The van der Waals surface area contributed by atoms with Crippen molar-refractivity contribution in [3.8, 4) is 0 Å². The maximum absolute atomic E-state index is 13.7. The molecule has 4 unspecified atom stereocenters. The summed E-state index contributed by atoms with van der Waals surface area (Å²) in [6.45, 7) is 2.54. The minimum Gasteiger partial charge on any atom is -0.480 e. The molecule has 3 aromatic rings. The Kier molecular flexibility index (Phi) is 6.58. The third-order valence-corrected chi connectivity index (χ3v) is 7.09. The van der Waals surface area contributed by atoms with Crippen LogP contribution in [0.4, 0.5) is 10.6 Å². The second kappa shape index (κ2) is 10.2. The zero-order valence-corrected chi connectivity index (χ0v) is 21.0. The van der Waals surface area contributed by atoms with E-state index in [-0.39, 0.29) is 5.82 Å². The van der Waals surface area contributed by atoms with Gasteiger partial charge in [0.05, 0.1) is 6.33 Å². The van der Waals surface area contributed by atoms with Crippen LogP contribution in [-0.4, -0.2) is 84.9 Å². The quantitative estimate of drug-likeness (QED) is 0.418. The Morgan fingerprint density at radius 2 is 1.87 bits per heavy atom. The number of amides is 3. The van der Waals surface area contributed by atoms with Crippen molar-refractivity contribution in [3.05, 3.63) is 48.5 Å². The molecule has 14 heteroatoms. The molecule has 0 aliphatic carbocycles. The van der Waals surface area contributed by atoms with Crippen LogP contribution in [0.2, 0.25) is 0 Å². The Balaban J connectivity index is 1.34. The number of nitrogens with one attached hydrogen (secondary N) is 2. The molecule has 3 aliphatic heterocycles. The van der Waals surface area contributed by atoms with Crippen LogP contribution in [0.3, 0.4) is 0 Å². The number of carboxylic acid groups (broad SMARTS) is 1. The smallest absolute Gasteiger partial charge is 0.326 e. The van der Waals surface area contributed by atoms with Crippen LogP contribution in [0.25, 0.3) is 11.2 Å². The molecule has 1 aromatic carbocycles. The average Bonchev–Trinajstić information content (AvgIpc) is 3.72. The molecule has 5 heterocycles. The number of rotatable bonds is 6. The van der Waals surface area contributed by atoms with E-state index in [1.165, 1.54) is 17.6 Å². The molecule has 2 aromatic heterocycles. The number of nitrogens with zero attached hydrogens (tertiary/aromatic N) is 5. The highest BCUT2D eigenvalue weighted by Gasteiger charge is 2.58. The van der Waals surface area contributed by atoms with Crippen molar-refractivity contribution in [1.29, 1.82) is 0 Å². The van der Waals surface area contributed by atoms with Crippen molar-refractivity contribution in [2.24, 2.45) is 0 Å². The van der Waals surface area contributed by atoms with Gasteiger partial charge in [0.2, 0.25) is 0 Å². The SMILES string of the molecule is CCNC(=O)Nc1ncnc2c1ncn2C1OC(C(=O)N2CCC[C@H]2C(=O)O)C2O[C@H](c3ccccc3)OC21. The van der Waals surface area contributed by atoms with Crippen molar-refractivity contribution >= 4 is 34.9 Å². The molecule has 6 rings (SSSR count). The molecule has 3 amide bonds. The van der Waals surface area contributed by atoms with Crippen molar-refractivity contribution in [1.82, 2.24) is 29.7 Å². The molecule has 14 nitrogen and oxygen atoms in total. The van der Waals surface area contributed by atoms with Crippen LogP contribution in [0, 0.1) is 0 Å². The summed E-state index contributed by atoms with van der Waals surface area (Å²) in [5.74, 6) is -1.31. The lowest BCUT2D eigenvalue weighted by atomic mass is 10.1. The van der Waals surface area contributed by atoms with Gasteiger partial charge in [-0.1, -0.05) is 30.3 Å². The van der Waals surface area contributed by atoms with E-state index in [0.717, 1.165) is 5.56 Å². The zero-order chi connectivity index (χ0) is 27.1. The molecule has 0 saturated carbocycles. The summed E-state index contributed by atoms with van der Waals surface area (Å²) in [5, 5.41) is 14.9. The highest BCUT2D eigenvalue weighted by molar-refractivity contribution is 5.95. The fraction of sp³-hybridized carbons (Fsp3) is 0.440. The number of aromatic nitrogens is 4. The first kappa shape index (κ1) is 25.2. The Hall–Kier alpha value is -4.14. The fourth-order valence-corrected chi connectivity index (χ4v) is 5.33. The van der Waals surface area contributed by atoms with E-state index in [1.807, 2.05) is 30.3 Å². The van der Waals surface area contributed by atoms with Crippen molar-refractivity contribution in [2.45, 2.75) is 56.6 Å². The van der Waals surface area contributed by atoms with Gasteiger partial charge in [-0.15, -0.1) is 0 Å². The van der Waals surface area contributed by atoms with Gasteiger partial charge in [-0.25, -0.2) is 24.5 Å². The molecule has 3 saturated heterocycles. The maximum atomic E-state index is 13.7. The number of likely N-dealkylation sites (tertiary alicyclic amines) is 1. The topological polar surface area (TPSA) is 170 Å². The van der Waals surface area contributed by atoms with E-state index in [2.05, 4.69) is 25.6 Å². The predicted molar refractivity (Wildman–Crippen MR) is 133 cm³/mol. The number of carbonyl (C=O) groups is 3. The molecule has 3 N–H and O–H groups in total. The molecule has 0 radical (unpaired) electrons. The van der Waals surface area contributed by atoms with Crippen LogP contribution >= 0.6 is 0 Å². The van der Waals surface area contributed by atoms with Gasteiger partial charge in [0, 0.05) is 18.7 Å². The summed E-state index contributed by atoms with van der Waals surface area (Å²) in [6, 6.07) is 7.95. The number of ether oxygens (including phenoxy) is 3. The third-order valence-electron chi connectivity index (χ3n) is 7.09. The van der Waals surface area contributed by atoms with Crippen molar-refractivity contribution in [2.75, 3.05) is 18.4 Å². The zero-order valence-electron chi connectivity index (χ0n) is 21.0. The third kappa shape index (κ3) is 4.45. The highest BCUT2D eigenvalue weighted by atomic mass is 16.8.